The van der Waals surface area contributed by atoms with Gasteiger partial charge in [0.15, 0.2) is 0 Å². The Balaban J connectivity index is 2.05. The van der Waals surface area contributed by atoms with Gasteiger partial charge < -0.3 is 10.4 Å². The summed E-state index contributed by atoms with van der Waals surface area (Å²) in [5.41, 5.74) is 1.88. The van der Waals surface area contributed by atoms with Crippen molar-refractivity contribution in [3.8, 4) is 0 Å². The van der Waals surface area contributed by atoms with Crippen LogP contribution >= 0.6 is 0 Å². The molecule has 21 heavy (non-hydrogen) atoms. The van der Waals surface area contributed by atoms with Crippen LogP contribution in [0.25, 0.3) is 0 Å². The van der Waals surface area contributed by atoms with E-state index >= 15 is 0 Å². The molecule has 5 heteroatoms. The summed E-state index contributed by atoms with van der Waals surface area (Å²) in [6, 6.07) is 2.11. The minimum absolute atomic E-state index is 0.0401. The molecule has 0 amide bonds. The molecule has 1 aliphatic carbocycles. The van der Waals surface area contributed by atoms with Crippen molar-refractivity contribution in [3.05, 3.63) is 17.3 Å². The average Bonchev–Trinajstić information content (AvgIpc) is 2.75. The monoisotopic (exact) mass is 308 g/mol. The van der Waals surface area contributed by atoms with Crippen LogP contribution in [0.15, 0.2) is 11.0 Å². The van der Waals surface area contributed by atoms with Crippen LogP contribution in [0.2, 0.25) is 0 Å². The number of aromatic nitrogens is 1. The second kappa shape index (κ2) is 5.06. The van der Waals surface area contributed by atoms with Crippen LogP contribution in [0.1, 0.15) is 51.3 Å². The fourth-order valence-electron chi connectivity index (χ4n) is 2.98. The first-order valence-corrected chi connectivity index (χ1v) is 8.98. The van der Waals surface area contributed by atoms with Gasteiger partial charge in [-0.1, -0.05) is 20.8 Å². The first-order chi connectivity index (χ1) is 9.85. The molecule has 1 aromatic rings. The van der Waals surface area contributed by atoms with E-state index in [1.807, 2.05) is 0 Å². The number of aryl methyl sites for hydroxylation is 1. The third-order valence-electron chi connectivity index (χ3n) is 4.60. The van der Waals surface area contributed by atoms with Crippen LogP contribution in [-0.2, 0) is 22.6 Å². The maximum absolute atomic E-state index is 12.3. The molecule has 2 heterocycles. The van der Waals surface area contributed by atoms with Crippen LogP contribution in [0, 0.1) is 0 Å². The predicted molar refractivity (Wildman–Crippen MR) is 85.2 cm³/mol. The molecule has 2 aliphatic rings. The van der Waals surface area contributed by atoms with E-state index in [2.05, 4.69) is 32.2 Å². The second-order valence-electron chi connectivity index (χ2n) is 7.31. The standard InChI is InChI=1S/C16H24N2O2S/c1-15(2,3)12-9-11-5-8-21(20)13(11)14(17-12)18-16(10-19)6-4-7-16/h9,19H,4-8,10H2,1-3H3,(H,17,18). The van der Waals surface area contributed by atoms with Gasteiger partial charge in [-0.25, -0.2) is 4.98 Å². The van der Waals surface area contributed by atoms with Crippen molar-refractivity contribution in [1.82, 2.24) is 4.98 Å². The van der Waals surface area contributed by atoms with Gasteiger partial charge in [0.25, 0.3) is 0 Å². The quantitative estimate of drug-likeness (QED) is 0.900. The highest BCUT2D eigenvalue weighted by atomic mass is 32.2. The zero-order valence-electron chi connectivity index (χ0n) is 13.0. The number of aliphatic hydroxyl groups excluding tert-OH is 1. The van der Waals surface area contributed by atoms with E-state index in [0.29, 0.717) is 5.75 Å². The number of nitrogens with one attached hydrogen (secondary N) is 1. The van der Waals surface area contributed by atoms with Crippen LogP contribution in [-0.4, -0.2) is 32.2 Å². The molecule has 1 saturated carbocycles. The molecule has 116 valence electrons. The minimum Gasteiger partial charge on any atom is -0.394 e. The fraction of sp³-hybridized carbons (Fsp3) is 0.688. The van der Waals surface area contributed by atoms with Crippen molar-refractivity contribution >= 4 is 16.6 Å². The van der Waals surface area contributed by atoms with E-state index < -0.39 is 10.8 Å². The minimum atomic E-state index is -0.966. The van der Waals surface area contributed by atoms with Gasteiger partial charge in [-0.2, -0.15) is 0 Å². The molecule has 0 saturated heterocycles. The fourth-order valence-corrected chi connectivity index (χ4v) is 4.35. The predicted octanol–water partition coefficient (Wildman–Crippen LogP) is 2.37. The molecule has 3 rings (SSSR count). The van der Waals surface area contributed by atoms with E-state index in [9.17, 15) is 9.32 Å². The number of rotatable bonds is 3. The SMILES string of the molecule is CC(C)(C)c1cc2c(c(NC3(CO)CCC3)n1)S(=O)CC2. The van der Waals surface area contributed by atoms with E-state index in [1.165, 1.54) is 0 Å². The van der Waals surface area contributed by atoms with Crippen molar-refractivity contribution in [1.29, 1.82) is 0 Å². The van der Waals surface area contributed by atoms with Gasteiger partial charge in [0.1, 0.15) is 5.82 Å². The van der Waals surface area contributed by atoms with Crippen LogP contribution in [0.3, 0.4) is 0 Å². The van der Waals surface area contributed by atoms with Crippen molar-refractivity contribution in [3.63, 3.8) is 0 Å². The first kappa shape index (κ1) is 15.0. The highest BCUT2D eigenvalue weighted by Gasteiger charge is 2.38. The van der Waals surface area contributed by atoms with Gasteiger partial charge >= 0.3 is 0 Å². The lowest BCUT2D eigenvalue weighted by Gasteiger charge is -2.42. The lowest BCUT2D eigenvalue weighted by molar-refractivity contribution is 0.143. The summed E-state index contributed by atoms with van der Waals surface area (Å²) in [5, 5.41) is 13.1. The smallest absolute Gasteiger partial charge is 0.143 e. The number of fused-ring (bicyclic) bond motifs is 1. The van der Waals surface area contributed by atoms with E-state index in [1.54, 1.807) is 0 Å². The van der Waals surface area contributed by atoms with Gasteiger partial charge in [-0.15, -0.1) is 0 Å². The third-order valence-corrected chi connectivity index (χ3v) is 6.09. The molecule has 1 fully saturated rings. The number of pyridine rings is 1. The van der Waals surface area contributed by atoms with E-state index in [4.69, 9.17) is 4.98 Å². The maximum Gasteiger partial charge on any atom is 0.143 e. The summed E-state index contributed by atoms with van der Waals surface area (Å²) >= 11 is 0. The van der Waals surface area contributed by atoms with Gasteiger partial charge in [0.2, 0.25) is 0 Å². The number of anilines is 1. The van der Waals surface area contributed by atoms with E-state index in [-0.39, 0.29) is 17.6 Å². The number of aliphatic hydroxyl groups is 1. The van der Waals surface area contributed by atoms with Crippen molar-refractivity contribution < 1.29 is 9.32 Å². The summed E-state index contributed by atoms with van der Waals surface area (Å²) in [5.74, 6) is 1.42. The molecule has 1 unspecified atom stereocenters. The lowest BCUT2D eigenvalue weighted by atomic mass is 9.77. The summed E-state index contributed by atoms with van der Waals surface area (Å²) in [7, 11) is -0.966. The van der Waals surface area contributed by atoms with Crippen molar-refractivity contribution in [2.75, 3.05) is 17.7 Å². The molecule has 2 N–H and O–H groups in total. The van der Waals surface area contributed by atoms with Crippen LogP contribution in [0.5, 0.6) is 0 Å². The Bertz CT molecular complexity index is 583. The molecular formula is C16H24N2O2S. The number of nitrogens with zero attached hydrogens (tertiary/aromatic N) is 1. The zero-order valence-corrected chi connectivity index (χ0v) is 13.8. The summed E-state index contributed by atoms with van der Waals surface area (Å²) in [6.07, 6.45) is 3.88. The van der Waals surface area contributed by atoms with Crippen molar-refractivity contribution in [2.24, 2.45) is 0 Å². The molecule has 0 radical (unpaired) electrons. The number of hydrogen-bond donors (Lipinski definition) is 2. The van der Waals surface area contributed by atoms with Gasteiger partial charge in [0, 0.05) is 16.9 Å². The zero-order chi connectivity index (χ0) is 15.3. The van der Waals surface area contributed by atoms with Gasteiger partial charge in [0.05, 0.1) is 27.8 Å². The summed E-state index contributed by atoms with van der Waals surface area (Å²) in [4.78, 5) is 5.63. The average molecular weight is 308 g/mol. The van der Waals surface area contributed by atoms with Crippen LogP contribution in [0.4, 0.5) is 5.82 Å². The Hall–Kier alpha value is -0.940. The topological polar surface area (TPSA) is 62.2 Å². The Kier molecular flexibility index (Phi) is 3.61. The third kappa shape index (κ3) is 2.61. The molecule has 0 spiro atoms. The molecule has 0 bridgehead atoms. The Morgan fingerprint density at radius 1 is 1.43 bits per heavy atom. The van der Waals surface area contributed by atoms with Gasteiger partial charge in [-0.3, -0.25) is 4.21 Å². The van der Waals surface area contributed by atoms with E-state index in [0.717, 1.165) is 47.7 Å². The highest BCUT2D eigenvalue weighted by Crippen LogP contribution is 2.39. The molecule has 1 atom stereocenters. The molecule has 0 aromatic carbocycles. The normalized spacial score (nSPS) is 23.5. The molecule has 1 aliphatic heterocycles. The van der Waals surface area contributed by atoms with Crippen LogP contribution < -0.4 is 5.32 Å². The van der Waals surface area contributed by atoms with Gasteiger partial charge in [-0.05, 0) is 37.3 Å². The summed E-state index contributed by atoms with van der Waals surface area (Å²) in [6.45, 7) is 6.53. The summed E-state index contributed by atoms with van der Waals surface area (Å²) < 4.78 is 12.3. The highest BCUT2D eigenvalue weighted by molar-refractivity contribution is 7.85. The first-order valence-electron chi connectivity index (χ1n) is 7.66. The maximum atomic E-state index is 12.3. The largest absolute Gasteiger partial charge is 0.394 e. The second-order valence-corrected chi connectivity index (χ2v) is 8.82. The Morgan fingerprint density at radius 3 is 2.67 bits per heavy atom. The molecule has 1 aromatic heterocycles. The molecular weight excluding hydrogens is 284 g/mol. The Labute approximate surface area is 128 Å². The Morgan fingerprint density at radius 2 is 2.14 bits per heavy atom. The number of hydrogen-bond acceptors (Lipinski definition) is 4. The lowest BCUT2D eigenvalue weighted by Crippen LogP contribution is -2.48. The molecule has 4 nitrogen and oxygen atoms in total. The van der Waals surface area contributed by atoms with Crippen molar-refractivity contribution in [2.45, 2.75) is 62.3 Å².